The minimum Gasteiger partial charge on any atom is -0.481 e. The zero-order chi connectivity index (χ0) is 11.8. The second kappa shape index (κ2) is 3.80. The fourth-order valence-electron chi connectivity index (χ4n) is 2.16. The molecule has 0 radical (unpaired) electrons. The summed E-state index contributed by atoms with van der Waals surface area (Å²) >= 11 is 1.33. The number of carboxylic acid groups (broad SMARTS) is 1. The van der Waals surface area contributed by atoms with Gasteiger partial charge in [0.05, 0.1) is 0 Å². The van der Waals surface area contributed by atoms with Crippen LogP contribution in [0.1, 0.15) is 30.6 Å². The molecule has 0 atom stereocenters. The van der Waals surface area contributed by atoms with Crippen molar-refractivity contribution < 1.29 is 18.7 Å². The van der Waals surface area contributed by atoms with E-state index in [4.69, 9.17) is 0 Å². The fourth-order valence-corrected chi connectivity index (χ4v) is 3.14. The second-order valence-corrected chi connectivity index (χ2v) is 5.17. The first kappa shape index (κ1) is 11.5. The predicted molar refractivity (Wildman–Crippen MR) is 57.0 cm³/mol. The van der Waals surface area contributed by atoms with Crippen LogP contribution in [-0.2, 0) is 10.2 Å². The number of thiophene rings is 1. The molecule has 0 saturated heterocycles. The third-order valence-corrected chi connectivity index (χ3v) is 4.31. The molecule has 1 heterocycles. The van der Waals surface area contributed by atoms with Crippen LogP contribution in [0.3, 0.4) is 0 Å². The number of hydrogen-bond acceptors (Lipinski definition) is 2. The molecule has 0 aliphatic heterocycles. The van der Waals surface area contributed by atoms with Crippen molar-refractivity contribution in [1.82, 2.24) is 0 Å². The van der Waals surface area contributed by atoms with Crippen LogP contribution < -0.4 is 0 Å². The Morgan fingerprint density at radius 2 is 1.94 bits per heavy atom. The lowest BCUT2D eigenvalue weighted by Crippen LogP contribution is -2.42. The van der Waals surface area contributed by atoms with Crippen LogP contribution in [0.15, 0.2) is 17.5 Å². The molecule has 16 heavy (non-hydrogen) atoms. The van der Waals surface area contributed by atoms with Crippen LogP contribution in [0.5, 0.6) is 0 Å². The van der Waals surface area contributed by atoms with Crippen LogP contribution in [0.2, 0.25) is 0 Å². The van der Waals surface area contributed by atoms with Gasteiger partial charge in [0.25, 0.3) is 0 Å². The Balaban J connectivity index is 2.30. The van der Waals surface area contributed by atoms with E-state index in [9.17, 15) is 18.7 Å². The summed E-state index contributed by atoms with van der Waals surface area (Å²) in [5, 5.41) is 11.1. The standard InChI is InChI=1S/C11H12F2O2S/c12-11(13)5-3-10(4-6-11,9(14)15)8-2-1-7-16-8/h1-2,7H,3-6H2,(H,14,15). The van der Waals surface area contributed by atoms with Crippen LogP contribution in [0.25, 0.3) is 0 Å². The maximum atomic E-state index is 13.1. The largest absolute Gasteiger partial charge is 0.481 e. The monoisotopic (exact) mass is 246 g/mol. The lowest BCUT2D eigenvalue weighted by atomic mass is 9.72. The van der Waals surface area contributed by atoms with Crippen molar-refractivity contribution >= 4 is 17.3 Å². The van der Waals surface area contributed by atoms with Gasteiger partial charge < -0.3 is 5.11 Å². The van der Waals surface area contributed by atoms with Gasteiger partial charge in [-0.25, -0.2) is 8.78 Å². The van der Waals surface area contributed by atoms with E-state index < -0.39 is 17.3 Å². The molecule has 1 saturated carbocycles. The number of halogens is 2. The maximum absolute atomic E-state index is 13.1. The number of carbonyl (C=O) groups is 1. The van der Waals surface area contributed by atoms with Crippen LogP contribution in [-0.4, -0.2) is 17.0 Å². The van der Waals surface area contributed by atoms with Crippen molar-refractivity contribution in [2.45, 2.75) is 37.0 Å². The molecule has 0 unspecified atom stereocenters. The molecule has 1 N–H and O–H groups in total. The lowest BCUT2D eigenvalue weighted by Gasteiger charge is -2.35. The number of aliphatic carboxylic acids is 1. The van der Waals surface area contributed by atoms with Crippen molar-refractivity contribution in [2.75, 3.05) is 0 Å². The molecule has 2 rings (SSSR count). The van der Waals surface area contributed by atoms with E-state index in [1.807, 2.05) is 0 Å². The molecule has 1 fully saturated rings. The van der Waals surface area contributed by atoms with Crippen molar-refractivity contribution in [3.05, 3.63) is 22.4 Å². The van der Waals surface area contributed by atoms with Gasteiger partial charge in [-0.15, -0.1) is 11.3 Å². The number of hydrogen-bond donors (Lipinski definition) is 1. The molecular weight excluding hydrogens is 234 g/mol. The molecule has 1 aliphatic rings. The zero-order valence-electron chi connectivity index (χ0n) is 8.58. The van der Waals surface area contributed by atoms with Crippen molar-refractivity contribution in [3.8, 4) is 0 Å². The van der Waals surface area contributed by atoms with E-state index in [2.05, 4.69) is 0 Å². The molecule has 2 nitrogen and oxygen atoms in total. The Morgan fingerprint density at radius 3 is 2.38 bits per heavy atom. The first-order valence-electron chi connectivity index (χ1n) is 5.12. The van der Waals surface area contributed by atoms with Gasteiger partial charge in [0, 0.05) is 17.7 Å². The van der Waals surface area contributed by atoms with Crippen molar-refractivity contribution in [2.24, 2.45) is 0 Å². The van der Waals surface area contributed by atoms with Gasteiger partial charge in [-0.2, -0.15) is 0 Å². The minimum absolute atomic E-state index is 0.0237. The summed E-state index contributed by atoms with van der Waals surface area (Å²) in [6.07, 6.45) is -0.625. The van der Waals surface area contributed by atoms with Crippen LogP contribution >= 0.6 is 11.3 Å². The van der Waals surface area contributed by atoms with Gasteiger partial charge in [-0.1, -0.05) is 6.07 Å². The van der Waals surface area contributed by atoms with Gasteiger partial charge in [0.2, 0.25) is 5.92 Å². The van der Waals surface area contributed by atoms with E-state index in [1.54, 1.807) is 17.5 Å². The molecule has 1 aromatic rings. The van der Waals surface area contributed by atoms with Gasteiger partial charge in [-0.05, 0) is 24.3 Å². The molecule has 5 heteroatoms. The Morgan fingerprint density at radius 1 is 1.31 bits per heavy atom. The smallest absolute Gasteiger partial charge is 0.314 e. The van der Waals surface area contributed by atoms with Gasteiger partial charge in [-0.3, -0.25) is 4.79 Å². The summed E-state index contributed by atoms with van der Waals surface area (Å²) in [5.74, 6) is -3.68. The normalized spacial score (nSPS) is 22.9. The third-order valence-electron chi connectivity index (χ3n) is 3.24. The quantitative estimate of drug-likeness (QED) is 0.869. The van der Waals surface area contributed by atoms with Crippen LogP contribution in [0.4, 0.5) is 8.78 Å². The predicted octanol–water partition coefficient (Wildman–Crippen LogP) is 3.28. The molecule has 1 aliphatic carbocycles. The highest BCUT2D eigenvalue weighted by atomic mass is 32.1. The van der Waals surface area contributed by atoms with E-state index in [0.717, 1.165) is 0 Å². The second-order valence-electron chi connectivity index (χ2n) is 4.22. The van der Waals surface area contributed by atoms with Crippen LogP contribution in [0, 0.1) is 0 Å². The number of alkyl halides is 2. The van der Waals surface area contributed by atoms with Gasteiger partial charge in [0.15, 0.2) is 0 Å². The highest BCUT2D eigenvalue weighted by molar-refractivity contribution is 7.10. The Bertz CT molecular complexity index is 377. The Labute approximate surface area is 95.9 Å². The molecular formula is C11H12F2O2S. The first-order chi connectivity index (χ1) is 7.46. The summed E-state index contributed by atoms with van der Waals surface area (Å²) in [4.78, 5) is 12.0. The molecule has 88 valence electrons. The third kappa shape index (κ3) is 1.84. The van der Waals surface area contributed by atoms with Crippen molar-refractivity contribution in [1.29, 1.82) is 0 Å². The molecule has 0 aromatic carbocycles. The van der Waals surface area contributed by atoms with Gasteiger partial charge in [0.1, 0.15) is 5.41 Å². The number of carboxylic acids is 1. The summed E-state index contributed by atoms with van der Waals surface area (Å²) in [6.45, 7) is 0. The Hall–Kier alpha value is -0.970. The molecule has 1 aromatic heterocycles. The molecule has 0 spiro atoms. The summed E-state index contributed by atoms with van der Waals surface area (Å²) < 4.78 is 26.1. The average Bonchev–Trinajstić information content (AvgIpc) is 2.71. The molecule has 0 bridgehead atoms. The summed E-state index contributed by atoms with van der Waals surface area (Å²) in [6, 6.07) is 3.49. The lowest BCUT2D eigenvalue weighted by molar-refractivity contribution is -0.148. The van der Waals surface area contributed by atoms with E-state index in [-0.39, 0.29) is 25.7 Å². The van der Waals surface area contributed by atoms with E-state index in [1.165, 1.54) is 11.3 Å². The summed E-state index contributed by atoms with van der Waals surface area (Å²) in [5.41, 5.74) is -1.09. The Kier molecular flexibility index (Phi) is 2.74. The maximum Gasteiger partial charge on any atom is 0.314 e. The van der Waals surface area contributed by atoms with E-state index in [0.29, 0.717) is 4.88 Å². The highest BCUT2D eigenvalue weighted by Crippen LogP contribution is 2.46. The van der Waals surface area contributed by atoms with Crippen molar-refractivity contribution in [3.63, 3.8) is 0 Å². The topological polar surface area (TPSA) is 37.3 Å². The van der Waals surface area contributed by atoms with Gasteiger partial charge >= 0.3 is 5.97 Å². The zero-order valence-corrected chi connectivity index (χ0v) is 9.40. The number of rotatable bonds is 2. The summed E-state index contributed by atoms with van der Waals surface area (Å²) in [7, 11) is 0. The fraction of sp³-hybridized carbons (Fsp3) is 0.545. The first-order valence-corrected chi connectivity index (χ1v) is 5.99. The SMILES string of the molecule is O=C(O)C1(c2cccs2)CCC(F)(F)CC1. The highest BCUT2D eigenvalue weighted by Gasteiger charge is 2.49. The van der Waals surface area contributed by atoms with E-state index >= 15 is 0 Å². The minimum atomic E-state index is -2.70. The average molecular weight is 246 g/mol. The molecule has 0 amide bonds.